The van der Waals surface area contributed by atoms with E-state index in [1.807, 2.05) is 0 Å². The van der Waals surface area contributed by atoms with Crippen LogP contribution in [0.2, 0.25) is 0 Å². The Bertz CT molecular complexity index is 688. The Morgan fingerprint density at radius 3 is 2.88 bits per heavy atom. The minimum absolute atomic E-state index is 0. The number of rotatable bonds is 3. The lowest BCUT2D eigenvalue weighted by molar-refractivity contribution is 0.133. The van der Waals surface area contributed by atoms with Gasteiger partial charge in [0.15, 0.2) is 0 Å². The van der Waals surface area contributed by atoms with Crippen molar-refractivity contribution in [1.29, 1.82) is 0 Å². The highest BCUT2D eigenvalue weighted by Gasteiger charge is 2.29. The molecule has 0 radical (unpaired) electrons. The van der Waals surface area contributed by atoms with Crippen LogP contribution in [0.25, 0.3) is 10.9 Å². The van der Waals surface area contributed by atoms with Crippen molar-refractivity contribution < 1.29 is 0 Å². The summed E-state index contributed by atoms with van der Waals surface area (Å²) in [5.41, 5.74) is 2.55. The van der Waals surface area contributed by atoms with Gasteiger partial charge in [-0.15, -0.1) is 12.4 Å². The molecule has 0 amide bonds. The number of hydrogen-bond acceptors (Lipinski definition) is 3. The molecule has 1 unspecified atom stereocenters. The van der Waals surface area contributed by atoms with Crippen molar-refractivity contribution in [2.24, 2.45) is 0 Å². The Morgan fingerprint density at radius 2 is 2.00 bits per heavy atom. The van der Waals surface area contributed by atoms with Crippen molar-refractivity contribution >= 4 is 29.1 Å². The Hall–Kier alpha value is -1.32. The van der Waals surface area contributed by atoms with Crippen molar-refractivity contribution in [2.45, 2.75) is 45.1 Å². The summed E-state index contributed by atoms with van der Waals surface area (Å²) >= 11 is 0. The van der Waals surface area contributed by atoms with Crippen LogP contribution in [0.15, 0.2) is 30.3 Å². The molecule has 0 bridgehead atoms. The molecule has 2 saturated heterocycles. The molecule has 0 saturated carbocycles. The van der Waals surface area contributed by atoms with Crippen LogP contribution in [0.4, 0.5) is 5.82 Å². The number of nitrogens with zero attached hydrogens (tertiary/aromatic N) is 3. The van der Waals surface area contributed by atoms with Crippen molar-refractivity contribution in [3.8, 4) is 0 Å². The molecule has 2 aliphatic rings. The highest BCUT2D eigenvalue weighted by Crippen LogP contribution is 2.25. The summed E-state index contributed by atoms with van der Waals surface area (Å²) in [6, 6.07) is 11.9. The zero-order valence-corrected chi connectivity index (χ0v) is 15.4. The number of piperidine rings is 1. The van der Waals surface area contributed by atoms with Gasteiger partial charge in [-0.2, -0.15) is 0 Å². The fourth-order valence-corrected chi connectivity index (χ4v) is 4.15. The zero-order valence-electron chi connectivity index (χ0n) is 14.6. The van der Waals surface area contributed by atoms with Crippen LogP contribution in [0.3, 0.4) is 0 Å². The molecule has 3 nitrogen and oxygen atoms in total. The predicted molar refractivity (Wildman–Crippen MR) is 104 cm³/mol. The number of hydrogen-bond donors (Lipinski definition) is 0. The molecule has 2 aromatic rings. The molecule has 1 aromatic heterocycles. The summed E-state index contributed by atoms with van der Waals surface area (Å²) in [6.45, 7) is 6.98. The molecule has 0 aliphatic carbocycles. The lowest BCUT2D eigenvalue weighted by Crippen LogP contribution is -2.55. The number of aryl methyl sites for hydroxylation is 1. The quantitative estimate of drug-likeness (QED) is 0.827. The number of piperazine rings is 1. The van der Waals surface area contributed by atoms with E-state index in [2.05, 4.69) is 47.1 Å². The highest BCUT2D eigenvalue weighted by atomic mass is 35.5. The maximum Gasteiger partial charge on any atom is 0.129 e. The molecule has 24 heavy (non-hydrogen) atoms. The topological polar surface area (TPSA) is 19.4 Å². The lowest BCUT2D eigenvalue weighted by Gasteiger charge is -2.44. The average Bonchev–Trinajstić information content (AvgIpc) is 2.61. The minimum Gasteiger partial charge on any atom is -0.354 e. The number of fused-ring (bicyclic) bond motifs is 2. The van der Waals surface area contributed by atoms with E-state index >= 15 is 0 Å². The van der Waals surface area contributed by atoms with E-state index in [0.717, 1.165) is 36.9 Å². The highest BCUT2D eigenvalue weighted by molar-refractivity contribution is 5.85. The van der Waals surface area contributed by atoms with Gasteiger partial charge in [-0.1, -0.05) is 25.8 Å². The number of benzene rings is 1. The molecule has 1 aromatic carbocycles. The first-order valence-corrected chi connectivity index (χ1v) is 9.22. The normalized spacial score (nSPS) is 21.4. The van der Waals surface area contributed by atoms with Gasteiger partial charge in [0.05, 0.1) is 5.52 Å². The predicted octanol–water partition coefficient (Wildman–Crippen LogP) is 4.28. The summed E-state index contributed by atoms with van der Waals surface area (Å²) in [7, 11) is 0. The Kier molecular flexibility index (Phi) is 5.62. The maximum absolute atomic E-state index is 4.95. The standard InChI is InChI=1S/C20H27N3.ClH/c1-2-5-16-7-9-19-17(14-16)8-10-20(21-19)23-13-12-22-11-4-3-6-18(22)15-23;/h7-10,14,18H,2-6,11-13,15H2,1H3;1H. The molecule has 4 rings (SSSR count). The third kappa shape index (κ3) is 3.52. The second-order valence-corrected chi connectivity index (χ2v) is 7.08. The van der Waals surface area contributed by atoms with Gasteiger partial charge in [0.1, 0.15) is 5.82 Å². The van der Waals surface area contributed by atoms with E-state index < -0.39 is 0 Å². The van der Waals surface area contributed by atoms with Crippen LogP contribution in [0.1, 0.15) is 38.2 Å². The van der Waals surface area contributed by atoms with E-state index in [-0.39, 0.29) is 12.4 Å². The van der Waals surface area contributed by atoms with Crippen LogP contribution >= 0.6 is 12.4 Å². The van der Waals surface area contributed by atoms with Gasteiger partial charge in [-0.05, 0) is 55.6 Å². The summed E-state index contributed by atoms with van der Waals surface area (Å²) < 4.78 is 0. The molecule has 1 atom stereocenters. The van der Waals surface area contributed by atoms with E-state index in [9.17, 15) is 0 Å². The van der Waals surface area contributed by atoms with Crippen molar-refractivity contribution in [3.63, 3.8) is 0 Å². The minimum atomic E-state index is 0. The smallest absolute Gasteiger partial charge is 0.129 e. The van der Waals surface area contributed by atoms with Crippen LogP contribution in [0, 0.1) is 0 Å². The first-order chi connectivity index (χ1) is 11.3. The zero-order chi connectivity index (χ0) is 15.6. The molecule has 2 fully saturated rings. The molecule has 4 heteroatoms. The fraction of sp³-hybridized carbons (Fsp3) is 0.550. The van der Waals surface area contributed by atoms with Crippen LogP contribution in [-0.2, 0) is 6.42 Å². The van der Waals surface area contributed by atoms with E-state index in [1.54, 1.807) is 0 Å². The van der Waals surface area contributed by atoms with Crippen LogP contribution in [0.5, 0.6) is 0 Å². The molecule has 0 N–H and O–H groups in total. The largest absolute Gasteiger partial charge is 0.354 e. The Labute approximate surface area is 151 Å². The summed E-state index contributed by atoms with van der Waals surface area (Å²) in [5, 5.41) is 1.27. The van der Waals surface area contributed by atoms with Gasteiger partial charge in [0.25, 0.3) is 0 Å². The summed E-state index contributed by atoms with van der Waals surface area (Å²) in [4.78, 5) is 10.1. The molecular weight excluding hydrogens is 318 g/mol. The third-order valence-corrected chi connectivity index (χ3v) is 5.44. The second kappa shape index (κ2) is 7.71. The van der Waals surface area contributed by atoms with E-state index in [0.29, 0.717) is 0 Å². The van der Waals surface area contributed by atoms with Gasteiger partial charge in [-0.3, -0.25) is 4.90 Å². The van der Waals surface area contributed by atoms with Gasteiger partial charge >= 0.3 is 0 Å². The maximum atomic E-state index is 4.95. The van der Waals surface area contributed by atoms with Gasteiger partial charge in [0.2, 0.25) is 0 Å². The number of halogens is 1. The number of pyridine rings is 1. The van der Waals surface area contributed by atoms with Gasteiger partial charge < -0.3 is 4.90 Å². The Balaban J connectivity index is 0.00000169. The van der Waals surface area contributed by atoms with Crippen molar-refractivity contribution in [3.05, 3.63) is 35.9 Å². The monoisotopic (exact) mass is 345 g/mol. The molecule has 0 spiro atoms. The first-order valence-electron chi connectivity index (χ1n) is 9.22. The third-order valence-electron chi connectivity index (χ3n) is 5.44. The molecular formula is C20H28ClN3. The van der Waals surface area contributed by atoms with Gasteiger partial charge in [-0.25, -0.2) is 4.98 Å². The van der Waals surface area contributed by atoms with Crippen LogP contribution in [-0.4, -0.2) is 42.1 Å². The fourth-order valence-electron chi connectivity index (χ4n) is 4.15. The van der Waals surface area contributed by atoms with Gasteiger partial charge in [0, 0.05) is 31.1 Å². The van der Waals surface area contributed by atoms with Crippen molar-refractivity contribution in [1.82, 2.24) is 9.88 Å². The summed E-state index contributed by atoms with van der Waals surface area (Å²) in [6.07, 6.45) is 6.47. The SMILES string of the molecule is CCCc1ccc2nc(N3CCN4CCCCC4C3)ccc2c1.Cl. The lowest BCUT2D eigenvalue weighted by atomic mass is 9.99. The van der Waals surface area contributed by atoms with E-state index in [1.165, 1.54) is 49.7 Å². The summed E-state index contributed by atoms with van der Waals surface area (Å²) in [5.74, 6) is 1.16. The molecule has 3 heterocycles. The Morgan fingerprint density at radius 1 is 1.08 bits per heavy atom. The van der Waals surface area contributed by atoms with Crippen molar-refractivity contribution in [2.75, 3.05) is 31.1 Å². The number of anilines is 1. The number of aromatic nitrogens is 1. The molecule has 2 aliphatic heterocycles. The van der Waals surface area contributed by atoms with E-state index in [4.69, 9.17) is 4.98 Å². The first kappa shape index (κ1) is 17.5. The average molecular weight is 346 g/mol. The second-order valence-electron chi connectivity index (χ2n) is 7.08. The molecule has 130 valence electrons. The van der Waals surface area contributed by atoms with Crippen LogP contribution < -0.4 is 4.90 Å².